The van der Waals surface area contributed by atoms with E-state index in [-0.39, 0.29) is 17.6 Å². The number of hydrogen-bond acceptors (Lipinski definition) is 5. The van der Waals surface area contributed by atoms with Crippen molar-refractivity contribution in [2.75, 3.05) is 0 Å². The molecule has 6 aromatic rings. The molecule has 0 fully saturated rings. The summed E-state index contributed by atoms with van der Waals surface area (Å²) in [6.07, 6.45) is 3.38. The van der Waals surface area contributed by atoms with Gasteiger partial charge in [0, 0.05) is 56.5 Å². The van der Waals surface area contributed by atoms with Crippen molar-refractivity contribution in [3.8, 4) is 22.3 Å². The normalized spacial score (nSPS) is 12.6. The lowest BCUT2D eigenvalue weighted by Crippen LogP contribution is -2.16. The zero-order valence-electron chi connectivity index (χ0n) is 30.0. The van der Waals surface area contributed by atoms with Crippen molar-refractivity contribution >= 4 is 39.0 Å². The molecule has 2 atom stereocenters. The molecule has 2 heterocycles. The molecule has 2 aromatic heterocycles. The molecule has 50 heavy (non-hydrogen) atoms. The first-order valence-corrected chi connectivity index (χ1v) is 17.8. The molecule has 252 valence electrons. The topological polar surface area (TPSA) is 90.5 Å². The minimum absolute atomic E-state index is 0.186. The van der Waals surface area contributed by atoms with E-state index in [2.05, 4.69) is 98.8 Å². The van der Waals surface area contributed by atoms with Crippen molar-refractivity contribution in [1.29, 1.82) is 10.8 Å². The van der Waals surface area contributed by atoms with Gasteiger partial charge in [-0.2, -0.15) is 0 Å². The van der Waals surface area contributed by atoms with Crippen LogP contribution in [-0.4, -0.2) is 27.2 Å². The van der Waals surface area contributed by atoms with Crippen molar-refractivity contribution in [3.63, 3.8) is 0 Å². The van der Waals surface area contributed by atoms with Gasteiger partial charge in [0.05, 0.1) is 11.0 Å². The lowest BCUT2D eigenvalue weighted by Gasteiger charge is -2.18. The summed E-state index contributed by atoms with van der Waals surface area (Å²) in [5, 5.41) is 19.1. The lowest BCUT2D eigenvalue weighted by molar-refractivity contribution is -0.121. The van der Waals surface area contributed by atoms with Crippen LogP contribution in [0.25, 0.3) is 44.1 Å². The Hall–Kier alpha value is -5.29. The van der Waals surface area contributed by atoms with Gasteiger partial charge in [0.1, 0.15) is 5.78 Å². The fourth-order valence-electron chi connectivity index (χ4n) is 6.98. The minimum Gasteiger partial charge on any atom is -0.305 e. The second-order valence-electron chi connectivity index (χ2n) is 13.6. The van der Waals surface area contributed by atoms with Crippen LogP contribution in [0.2, 0.25) is 0 Å². The number of fused-ring (bicyclic) bond motifs is 2. The monoisotopic (exact) mass is 658 g/mol. The Bertz CT molecular complexity index is 2070. The molecule has 4 aromatic carbocycles. The number of carbonyl (C=O) groups excluding carboxylic acids is 1. The Labute approximate surface area is 295 Å². The Morgan fingerprint density at radius 2 is 0.920 bits per heavy atom. The van der Waals surface area contributed by atoms with Gasteiger partial charge in [-0.3, -0.25) is 14.8 Å². The molecule has 0 bridgehead atoms. The molecule has 0 radical (unpaired) electrons. The Balaban J connectivity index is 1.17. The molecule has 2 N–H and O–H groups in total. The van der Waals surface area contributed by atoms with E-state index in [1.165, 1.54) is 0 Å². The van der Waals surface area contributed by atoms with E-state index in [9.17, 15) is 4.79 Å². The molecule has 5 heteroatoms. The highest BCUT2D eigenvalue weighted by atomic mass is 16.1. The Morgan fingerprint density at radius 1 is 0.560 bits per heavy atom. The first kappa shape index (κ1) is 34.6. The number of benzene rings is 4. The predicted molar refractivity (Wildman–Crippen MR) is 209 cm³/mol. The van der Waals surface area contributed by atoms with Crippen LogP contribution in [0.1, 0.15) is 98.9 Å². The number of Topliss-reactive ketones (excluding diaryl/α,β-unsaturated/α-hetero) is 1. The third-order valence-electron chi connectivity index (χ3n) is 9.87. The quantitative estimate of drug-likeness (QED) is 0.128. The maximum Gasteiger partial charge on any atom is 0.147 e. The molecule has 0 aliphatic heterocycles. The number of aryl methyl sites for hydroxylation is 2. The fourth-order valence-corrected chi connectivity index (χ4v) is 6.98. The van der Waals surface area contributed by atoms with E-state index in [0.29, 0.717) is 11.4 Å². The summed E-state index contributed by atoms with van der Waals surface area (Å²) in [5.74, 6) is -0.310. The molecule has 6 rings (SSSR count). The molecular weight excluding hydrogens is 613 g/mol. The number of carbonyl (C=O) groups is 1. The average Bonchev–Trinajstić information content (AvgIpc) is 3.13. The first-order chi connectivity index (χ1) is 24.1. The van der Waals surface area contributed by atoms with Crippen LogP contribution < -0.4 is 0 Å². The van der Waals surface area contributed by atoms with Gasteiger partial charge in [0.15, 0.2) is 0 Å². The number of pyridine rings is 2. The fraction of sp³-hybridized carbons (Fsp3) is 0.267. The standard InChI is InChI=1S/C45H46N4O/c1-7-9-41(46)39-23-27(3)48-43-25-35(19-21-37(39)43)33-15-11-31(12-16-33)29(5)45(50)30(6)32-13-17-34(18-14-32)36-20-22-38-40(42(47)10-8-2)24-28(4)49-44(38)26-36/h11-26,29-30,46-47H,7-10H2,1-6H3. The van der Waals surface area contributed by atoms with E-state index in [1.807, 2.05) is 39.8 Å². The summed E-state index contributed by atoms with van der Waals surface area (Å²) in [6.45, 7) is 12.2. The Morgan fingerprint density at radius 3 is 1.28 bits per heavy atom. The van der Waals surface area contributed by atoms with Crippen LogP contribution >= 0.6 is 0 Å². The number of aromatic nitrogens is 2. The Kier molecular flexibility index (Phi) is 10.1. The smallest absolute Gasteiger partial charge is 0.147 e. The van der Waals surface area contributed by atoms with Crippen molar-refractivity contribution in [2.45, 2.75) is 79.1 Å². The lowest BCUT2D eigenvalue weighted by atomic mass is 9.85. The molecule has 0 amide bonds. The third kappa shape index (κ3) is 7.04. The highest BCUT2D eigenvalue weighted by Gasteiger charge is 2.23. The van der Waals surface area contributed by atoms with E-state index < -0.39 is 0 Å². The maximum atomic E-state index is 13.7. The van der Waals surface area contributed by atoms with E-state index in [1.54, 1.807) is 0 Å². The van der Waals surface area contributed by atoms with E-state index in [0.717, 1.165) is 103 Å². The van der Waals surface area contributed by atoms with Gasteiger partial charge in [-0.25, -0.2) is 0 Å². The van der Waals surface area contributed by atoms with Crippen LogP contribution in [0.15, 0.2) is 97.1 Å². The van der Waals surface area contributed by atoms with Crippen LogP contribution in [0, 0.1) is 24.7 Å². The SMILES string of the molecule is CCCC(=N)c1cc(C)nc2cc(-c3ccc(C(C)C(=O)C(C)c4ccc(-c5ccc6c(C(=N)CCC)cc(C)nc6c5)cc4)cc3)ccc12. The summed E-state index contributed by atoms with van der Waals surface area (Å²) in [4.78, 5) is 23.3. The van der Waals surface area contributed by atoms with Crippen LogP contribution in [0.3, 0.4) is 0 Å². The van der Waals surface area contributed by atoms with Crippen molar-refractivity contribution in [3.05, 3.63) is 131 Å². The zero-order valence-corrected chi connectivity index (χ0v) is 30.0. The number of nitrogens with zero attached hydrogens (tertiary/aromatic N) is 2. The zero-order chi connectivity index (χ0) is 35.5. The van der Waals surface area contributed by atoms with Gasteiger partial charge in [-0.05, 0) is 84.3 Å². The molecule has 0 saturated heterocycles. The second-order valence-corrected chi connectivity index (χ2v) is 13.6. The predicted octanol–water partition coefficient (Wildman–Crippen LogP) is 11.5. The van der Waals surface area contributed by atoms with Gasteiger partial charge in [-0.1, -0.05) is 113 Å². The molecule has 0 aliphatic rings. The van der Waals surface area contributed by atoms with E-state index in [4.69, 9.17) is 20.8 Å². The highest BCUT2D eigenvalue weighted by Crippen LogP contribution is 2.32. The second kappa shape index (κ2) is 14.7. The first-order valence-electron chi connectivity index (χ1n) is 17.8. The van der Waals surface area contributed by atoms with Gasteiger partial charge < -0.3 is 10.8 Å². The number of rotatable bonds is 12. The summed E-state index contributed by atoms with van der Waals surface area (Å²) in [7, 11) is 0. The van der Waals surface area contributed by atoms with E-state index >= 15 is 0 Å². The van der Waals surface area contributed by atoms with Gasteiger partial charge in [0.25, 0.3) is 0 Å². The van der Waals surface area contributed by atoms with Gasteiger partial charge in [0.2, 0.25) is 0 Å². The molecular formula is C45H46N4O. The third-order valence-corrected chi connectivity index (χ3v) is 9.87. The summed E-state index contributed by atoms with van der Waals surface area (Å²) < 4.78 is 0. The summed E-state index contributed by atoms with van der Waals surface area (Å²) in [6, 6.07) is 33.2. The van der Waals surface area contributed by atoms with Crippen LogP contribution in [-0.2, 0) is 4.79 Å². The summed E-state index contributed by atoms with van der Waals surface area (Å²) in [5.41, 5.74) is 13.1. The van der Waals surface area contributed by atoms with Crippen LogP contribution in [0.5, 0.6) is 0 Å². The molecule has 2 unspecified atom stereocenters. The van der Waals surface area contributed by atoms with Crippen molar-refractivity contribution in [1.82, 2.24) is 9.97 Å². The molecule has 5 nitrogen and oxygen atoms in total. The highest BCUT2D eigenvalue weighted by molar-refractivity contribution is 6.10. The molecule has 0 aliphatic carbocycles. The van der Waals surface area contributed by atoms with Crippen molar-refractivity contribution in [2.24, 2.45) is 0 Å². The number of hydrogen-bond donors (Lipinski definition) is 2. The van der Waals surface area contributed by atoms with Gasteiger partial charge >= 0.3 is 0 Å². The number of nitrogens with one attached hydrogen (secondary N) is 2. The minimum atomic E-state index is -0.248. The van der Waals surface area contributed by atoms with Crippen molar-refractivity contribution < 1.29 is 4.79 Å². The van der Waals surface area contributed by atoms with Gasteiger partial charge in [-0.15, -0.1) is 0 Å². The average molecular weight is 659 g/mol. The maximum absolute atomic E-state index is 13.7. The molecule has 0 spiro atoms. The summed E-state index contributed by atoms with van der Waals surface area (Å²) >= 11 is 0. The molecule has 0 saturated carbocycles. The largest absolute Gasteiger partial charge is 0.305 e. The van der Waals surface area contributed by atoms with Crippen LogP contribution in [0.4, 0.5) is 0 Å². The number of ketones is 1.